The first kappa shape index (κ1) is 19.3. The SMILES string of the molecule is N#Cc1c(NC(=O)c2cc(C=O)cn3cnnc23)cccc1-c1ccc2c(c1)OCCO2. The van der Waals surface area contributed by atoms with Gasteiger partial charge in [0.05, 0.1) is 16.8 Å². The molecule has 0 unspecified atom stereocenters. The van der Waals surface area contributed by atoms with Gasteiger partial charge in [0.1, 0.15) is 25.6 Å². The number of anilines is 1. The van der Waals surface area contributed by atoms with Crippen LogP contribution in [0.3, 0.4) is 0 Å². The van der Waals surface area contributed by atoms with E-state index in [-0.39, 0.29) is 5.56 Å². The minimum absolute atomic E-state index is 0.167. The van der Waals surface area contributed by atoms with Crippen molar-refractivity contribution in [1.82, 2.24) is 14.6 Å². The minimum Gasteiger partial charge on any atom is -0.486 e. The first-order valence-corrected chi connectivity index (χ1v) is 9.71. The third-order valence-electron chi connectivity index (χ3n) is 5.07. The summed E-state index contributed by atoms with van der Waals surface area (Å²) in [5, 5.41) is 20.4. The number of ether oxygens (including phenoxy) is 2. The number of fused-ring (bicyclic) bond motifs is 2. The summed E-state index contributed by atoms with van der Waals surface area (Å²) in [4.78, 5) is 24.3. The number of pyridine rings is 1. The van der Waals surface area contributed by atoms with Crippen molar-refractivity contribution in [1.29, 1.82) is 5.26 Å². The molecule has 4 aromatic rings. The molecule has 1 N–H and O–H groups in total. The topological polar surface area (TPSA) is 119 Å². The summed E-state index contributed by atoms with van der Waals surface area (Å²) >= 11 is 0. The number of carbonyl (C=O) groups is 2. The third-order valence-corrected chi connectivity index (χ3v) is 5.07. The second-order valence-corrected chi connectivity index (χ2v) is 7.02. The van der Waals surface area contributed by atoms with Gasteiger partial charge < -0.3 is 14.8 Å². The maximum Gasteiger partial charge on any atom is 0.259 e. The molecule has 0 fully saturated rings. The smallest absolute Gasteiger partial charge is 0.259 e. The molecule has 9 heteroatoms. The molecule has 2 aromatic carbocycles. The summed E-state index contributed by atoms with van der Waals surface area (Å²) in [5.41, 5.74) is 2.78. The van der Waals surface area contributed by atoms with E-state index >= 15 is 0 Å². The van der Waals surface area contributed by atoms with Crippen molar-refractivity contribution in [2.75, 3.05) is 18.5 Å². The number of carbonyl (C=O) groups excluding carboxylic acids is 2. The highest BCUT2D eigenvalue weighted by atomic mass is 16.6. The molecule has 2 aromatic heterocycles. The maximum atomic E-state index is 13.0. The Balaban J connectivity index is 1.53. The van der Waals surface area contributed by atoms with E-state index < -0.39 is 5.91 Å². The van der Waals surface area contributed by atoms with Crippen LogP contribution in [-0.4, -0.2) is 40.0 Å². The van der Waals surface area contributed by atoms with E-state index in [9.17, 15) is 14.9 Å². The molecular formula is C23H15N5O4. The Morgan fingerprint density at radius 1 is 1.16 bits per heavy atom. The Kier molecular flexibility index (Phi) is 4.72. The van der Waals surface area contributed by atoms with Gasteiger partial charge in [-0.25, -0.2) is 0 Å². The van der Waals surface area contributed by atoms with Crippen LogP contribution in [0.25, 0.3) is 16.8 Å². The van der Waals surface area contributed by atoms with Gasteiger partial charge in [-0.1, -0.05) is 18.2 Å². The number of nitriles is 1. The van der Waals surface area contributed by atoms with Crippen LogP contribution in [0.5, 0.6) is 11.5 Å². The van der Waals surface area contributed by atoms with Crippen molar-refractivity contribution in [2.24, 2.45) is 0 Å². The number of aromatic nitrogens is 3. The normalized spacial score (nSPS) is 12.2. The average molecular weight is 425 g/mol. The molecule has 0 spiro atoms. The lowest BCUT2D eigenvalue weighted by atomic mass is 9.98. The number of hydrogen-bond acceptors (Lipinski definition) is 7. The summed E-state index contributed by atoms with van der Waals surface area (Å²) < 4.78 is 12.7. The third kappa shape index (κ3) is 3.30. The summed E-state index contributed by atoms with van der Waals surface area (Å²) in [7, 11) is 0. The number of nitrogens with one attached hydrogen (secondary N) is 1. The fourth-order valence-electron chi connectivity index (χ4n) is 3.61. The van der Waals surface area contributed by atoms with Crippen molar-refractivity contribution >= 4 is 23.5 Å². The molecule has 0 saturated heterocycles. The van der Waals surface area contributed by atoms with Gasteiger partial charge in [-0.05, 0) is 29.8 Å². The summed E-state index contributed by atoms with van der Waals surface area (Å²) in [6, 6.07) is 14.2. The predicted molar refractivity (Wildman–Crippen MR) is 114 cm³/mol. The predicted octanol–water partition coefficient (Wildman–Crippen LogP) is 3.10. The monoisotopic (exact) mass is 425 g/mol. The van der Waals surface area contributed by atoms with Crippen molar-refractivity contribution in [3.63, 3.8) is 0 Å². The molecule has 0 bridgehead atoms. The van der Waals surface area contributed by atoms with Gasteiger partial charge in [0.25, 0.3) is 5.91 Å². The number of aldehydes is 1. The highest BCUT2D eigenvalue weighted by molar-refractivity contribution is 6.09. The van der Waals surface area contributed by atoms with Crippen LogP contribution in [0.2, 0.25) is 0 Å². The Hall–Kier alpha value is -4.71. The quantitative estimate of drug-likeness (QED) is 0.499. The molecule has 1 amide bonds. The minimum atomic E-state index is -0.512. The van der Waals surface area contributed by atoms with E-state index in [1.807, 2.05) is 12.1 Å². The van der Waals surface area contributed by atoms with Crippen LogP contribution in [0.1, 0.15) is 26.3 Å². The second kappa shape index (κ2) is 7.85. The molecular weight excluding hydrogens is 410 g/mol. The number of nitrogens with zero attached hydrogens (tertiary/aromatic N) is 4. The number of amides is 1. The van der Waals surface area contributed by atoms with E-state index in [1.165, 1.54) is 23.0 Å². The van der Waals surface area contributed by atoms with E-state index in [4.69, 9.17) is 9.47 Å². The Morgan fingerprint density at radius 2 is 2.00 bits per heavy atom. The molecule has 3 heterocycles. The van der Waals surface area contributed by atoms with Gasteiger partial charge in [0.2, 0.25) is 0 Å². The molecule has 0 saturated carbocycles. The van der Waals surface area contributed by atoms with Crippen LogP contribution in [-0.2, 0) is 0 Å². The molecule has 32 heavy (non-hydrogen) atoms. The van der Waals surface area contributed by atoms with E-state index in [2.05, 4.69) is 21.6 Å². The second-order valence-electron chi connectivity index (χ2n) is 7.02. The van der Waals surface area contributed by atoms with Crippen LogP contribution < -0.4 is 14.8 Å². The molecule has 0 radical (unpaired) electrons. The van der Waals surface area contributed by atoms with Crippen molar-refractivity contribution in [3.05, 3.63) is 71.7 Å². The first-order valence-electron chi connectivity index (χ1n) is 9.71. The van der Waals surface area contributed by atoms with Crippen LogP contribution in [0.15, 0.2) is 55.0 Å². The highest BCUT2D eigenvalue weighted by Gasteiger charge is 2.19. The molecule has 0 atom stereocenters. The van der Waals surface area contributed by atoms with Gasteiger partial charge in [-0.3, -0.25) is 14.0 Å². The van der Waals surface area contributed by atoms with Gasteiger partial charge in [-0.15, -0.1) is 10.2 Å². The Morgan fingerprint density at radius 3 is 2.81 bits per heavy atom. The van der Waals surface area contributed by atoms with Crippen molar-refractivity contribution < 1.29 is 19.1 Å². The zero-order chi connectivity index (χ0) is 22.1. The van der Waals surface area contributed by atoms with Crippen molar-refractivity contribution in [3.8, 4) is 28.7 Å². The largest absolute Gasteiger partial charge is 0.486 e. The maximum absolute atomic E-state index is 13.0. The number of rotatable bonds is 4. The Labute approximate surface area is 181 Å². The molecule has 1 aliphatic heterocycles. The van der Waals surface area contributed by atoms with Gasteiger partial charge in [0.15, 0.2) is 23.4 Å². The van der Waals surface area contributed by atoms with Crippen molar-refractivity contribution in [2.45, 2.75) is 0 Å². The molecule has 9 nitrogen and oxygen atoms in total. The molecule has 1 aliphatic rings. The first-order chi connectivity index (χ1) is 15.7. The van der Waals surface area contributed by atoms with E-state index in [0.717, 1.165) is 5.56 Å². The summed E-state index contributed by atoms with van der Waals surface area (Å²) in [5.74, 6) is 0.741. The molecule has 0 aliphatic carbocycles. The highest BCUT2D eigenvalue weighted by Crippen LogP contribution is 2.37. The summed E-state index contributed by atoms with van der Waals surface area (Å²) in [6.45, 7) is 0.941. The molecule has 156 valence electrons. The fourth-order valence-corrected chi connectivity index (χ4v) is 3.61. The molecule has 5 rings (SSSR count). The van der Waals surface area contributed by atoms with Gasteiger partial charge >= 0.3 is 0 Å². The lowest BCUT2D eigenvalue weighted by Gasteiger charge is -2.19. The Bertz CT molecular complexity index is 1420. The van der Waals surface area contributed by atoms with Gasteiger partial charge in [-0.2, -0.15) is 5.26 Å². The lowest BCUT2D eigenvalue weighted by molar-refractivity contribution is 0.102. The standard InChI is InChI=1S/C23H15N5O4/c24-10-18-16(15-4-5-20-21(9-15)32-7-6-31-20)2-1-3-19(18)26-23(30)17-8-14(12-29)11-28-13-25-27-22(17)28/h1-5,8-9,11-13H,6-7H2,(H,26,30). The van der Waals surface area contributed by atoms with Crippen LogP contribution >= 0.6 is 0 Å². The number of benzene rings is 2. The summed E-state index contributed by atoms with van der Waals surface area (Å²) in [6.07, 6.45) is 3.57. The fraction of sp³-hybridized carbons (Fsp3) is 0.0870. The lowest BCUT2D eigenvalue weighted by Crippen LogP contribution is -2.15. The average Bonchev–Trinajstić information content (AvgIpc) is 3.31. The van der Waals surface area contributed by atoms with E-state index in [0.29, 0.717) is 59.0 Å². The zero-order valence-electron chi connectivity index (χ0n) is 16.6. The van der Waals surface area contributed by atoms with Crippen LogP contribution in [0.4, 0.5) is 5.69 Å². The van der Waals surface area contributed by atoms with Crippen LogP contribution in [0, 0.1) is 11.3 Å². The van der Waals surface area contributed by atoms with Gasteiger partial charge in [0, 0.05) is 17.3 Å². The zero-order valence-corrected chi connectivity index (χ0v) is 16.6. The van der Waals surface area contributed by atoms with E-state index in [1.54, 1.807) is 24.3 Å². The number of hydrogen-bond donors (Lipinski definition) is 1.